The van der Waals surface area contributed by atoms with Gasteiger partial charge in [-0.3, -0.25) is 38.4 Å². The summed E-state index contributed by atoms with van der Waals surface area (Å²) in [6.07, 6.45) is 19.5. The molecule has 2 fully saturated rings. The van der Waals surface area contributed by atoms with Gasteiger partial charge >= 0.3 is 47.8 Å². The Morgan fingerprint density at radius 2 is 0.851 bits per heavy atom. The Labute approximate surface area is 802 Å². The van der Waals surface area contributed by atoms with Gasteiger partial charge in [-0.1, -0.05) is 279 Å². The topological polar surface area (TPSA) is 269 Å². The van der Waals surface area contributed by atoms with Crippen LogP contribution in [0.4, 0.5) is 0 Å². The summed E-state index contributed by atoms with van der Waals surface area (Å²) in [5, 5.41) is 13.5. The van der Waals surface area contributed by atoms with Crippen LogP contribution in [0, 0.1) is 66.6 Å². The summed E-state index contributed by atoms with van der Waals surface area (Å²) in [5.74, 6) is 3.39. The fourth-order valence-corrected chi connectivity index (χ4v) is 13.4. The van der Waals surface area contributed by atoms with Gasteiger partial charge in [-0.25, -0.2) is 4.68 Å². The van der Waals surface area contributed by atoms with Crippen molar-refractivity contribution in [2.45, 2.75) is 226 Å². The molecule has 13 rings (SSSR count). The highest BCUT2D eigenvalue weighted by Gasteiger charge is 2.31. The summed E-state index contributed by atoms with van der Waals surface area (Å²) in [5.41, 5.74) is 7.08. The van der Waals surface area contributed by atoms with Crippen molar-refractivity contribution in [3.05, 3.63) is 244 Å². The average Bonchev–Trinajstić information content (AvgIpc) is 1.17. The number of terminal acetylenes is 1. The lowest BCUT2D eigenvalue weighted by molar-refractivity contribution is -0.156. The number of halogens is 2. The van der Waals surface area contributed by atoms with E-state index in [2.05, 4.69) is 52.6 Å². The first-order chi connectivity index (χ1) is 64.0. The second-order valence-electron chi connectivity index (χ2n) is 35.0. The molecule has 0 amide bonds. The van der Waals surface area contributed by atoms with E-state index in [-0.39, 0.29) is 113 Å². The Morgan fingerprint density at radius 3 is 1.40 bits per heavy atom. The number of esters is 8. The summed E-state index contributed by atoms with van der Waals surface area (Å²) in [4.78, 5) is 91.5. The Balaban J connectivity index is 0.000000238. The lowest BCUT2D eigenvalue weighted by Crippen LogP contribution is -2.30. The maximum Gasteiger partial charge on any atom is 0.313 e. The van der Waals surface area contributed by atoms with E-state index in [1.54, 1.807) is 102 Å². The quantitative estimate of drug-likeness (QED) is 0.0145. The number of carbonyl (C=O) groups is 8. The van der Waals surface area contributed by atoms with Crippen LogP contribution in [0.3, 0.4) is 0 Å². The van der Waals surface area contributed by atoms with Gasteiger partial charge in [-0.05, 0) is 176 Å². The van der Waals surface area contributed by atoms with Crippen molar-refractivity contribution in [1.82, 2.24) is 15.0 Å². The Morgan fingerprint density at radius 1 is 0.410 bits per heavy atom. The zero-order chi connectivity index (χ0) is 98.2. The number of carbonyl (C=O) groups excluding carboxylic acids is 8. The van der Waals surface area contributed by atoms with Gasteiger partial charge in [-0.2, -0.15) is 0 Å². The number of benzene rings is 9. The van der Waals surface area contributed by atoms with E-state index in [0.29, 0.717) is 96.5 Å². The van der Waals surface area contributed by atoms with Gasteiger partial charge < -0.3 is 52.1 Å². The van der Waals surface area contributed by atoms with Crippen LogP contribution in [-0.2, 0) is 86.2 Å². The van der Waals surface area contributed by atoms with E-state index in [9.17, 15) is 38.4 Å². The van der Waals surface area contributed by atoms with Crippen LogP contribution in [0.15, 0.2) is 206 Å². The van der Waals surface area contributed by atoms with E-state index in [4.69, 9.17) is 81.7 Å². The molecule has 0 bridgehead atoms. The molecular weight excluding hydrogens is 1740 g/mol. The van der Waals surface area contributed by atoms with Crippen molar-refractivity contribution in [2.24, 2.45) is 47.3 Å². The molecule has 1 aromatic heterocycles. The maximum absolute atomic E-state index is 11.8. The minimum atomic E-state index is -0.307. The van der Waals surface area contributed by atoms with Gasteiger partial charge in [0.05, 0.1) is 98.1 Å². The van der Waals surface area contributed by atoms with Crippen LogP contribution in [-0.4, -0.2) is 121 Å². The SMILES string of the molecule is C#Cc1ccc(OC(=O)C(C)C)cc1.CC(C)C(=O)OC1CCCCC1.CC(C)C(=O)OC1CCCCC1c1ccccc1.CC(C)C(=O)OC1Cc2ccccc2C1.CC(C)C(=O)Oc1ccc2ccccc2c1.CC(C)C(=O)Oc1cccc2ccccc12.CCOCCOCCOCCn1cc(-c2ccc(OC(=O)C(C)C)cc2)nn1.Cc1c(Cl)ccc(OC(=O)C(C)C)c1Cl. The van der Waals surface area contributed by atoms with Gasteiger partial charge in [0.1, 0.15) is 52.8 Å². The molecule has 0 aliphatic heterocycles. The molecule has 3 aliphatic rings. The monoisotopic (exact) mass is 1870 g/mol. The van der Waals surface area contributed by atoms with Gasteiger partial charge in [0, 0.05) is 46.9 Å². The third-order valence-electron chi connectivity index (χ3n) is 21.1. The van der Waals surface area contributed by atoms with Gasteiger partial charge in [0.2, 0.25) is 0 Å². The minimum Gasteiger partial charge on any atom is -0.462 e. The fourth-order valence-electron chi connectivity index (χ4n) is 13.0. The number of hydrogen-bond acceptors (Lipinski definition) is 21. The minimum absolute atomic E-state index is 0.0203. The van der Waals surface area contributed by atoms with E-state index in [1.807, 2.05) is 198 Å². The molecule has 0 saturated heterocycles. The van der Waals surface area contributed by atoms with Crippen LogP contribution < -0.4 is 23.7 Å². The molecule has 2 unspecified atom stereocenters. The number of aromatic nitrogens is 3. The molecule has 0 N–H and O–H groups in total. The second-order valence-corrected chi connectivity index (χ2v) is 35.8. The van der Waals surface area contributed by atoms with Crippen molar-refractivity contribution in [3.8, 4) is 52.3 Å². The van der Waals surface area contributed by atoms with Gasteiger partial charge in [0.25, 0.3) is 0 Å². The van der Waals surface area contributed by atoms with E-state index in [0.717, 1.165) is 76.9 Å². The highest BCUT2D eigenvalue weighted by molar-refractivity contribution is 6.37. The highest BCUT2D eigenvalue weighted by atomic mass is 35.5. The van der Waals surface area contributed by atoms with Crippen molar-refractivity contribution >= 4 is 92.5 Å². The number of rotatable bonds is 28. The van der Waals surface area contributed by atoms with Gasteiger partial charge in [-0.15, -0.1) is 11.5 Å². The molecule has 2 saturated carbocycles. The van der Waals surface area contributed by atoms with Gasteiger partial charge in [0.15, 0.2) is 0 Å². The molecule has 2 atom stereocenters. The zero-order valence-electron chi connectivity index (χ0n) is 81.2. The van der Waals surface area contributed by atoms with E-state index in [1.165, 1.54) is 48.8 Å². The molecular formula is C110H137Cl2N3O19. The zero-order valence-corrected chi connectivity index (χ0v) is 82.7. The normalized spacial score (nSPS) is 13.8. The van der Waals surface area contributed by atoms with Crippen LogP contribution in [0.1, 0.15) is 209 Å². The molecule has 0 radical (unpaired) electrons. The predicted octanol–water partition coefficient (Wildman–Crippen LogP) is 24.3. The van der Waals surface area contributed by atoms with Crippen molar-refractivity contribution in [1.29, 1.82) is 0 Å². The standard InChI is InChI=1S/C20H29N3O5.C16H22O2.2C14H14O2.C13H16O2.C12H12O2.C11H12Cl2O2.C10H18O2/c1-4-25-11-12-27-14-13-26-10-9-23-15-19(21-22-23)17-5-7-18(8-6-17)28-20(24)16(2)3;1-12(2)16(17)18-15-11-7-6-10-14(15)13-8-4-3-5-9-13;1-10(2)14(15)16-13-9-5-7-11-6-3-4-8-12(11)13;1-10(2)14(15)16-13-8-7-11-5-3-4-6-12(11)9-13;1-9(2)13(14)15-12-7-10-5-3-4-6-11(10)8-12;1-4-10-5-7-11(8-6-10)14-12(13)9(2)3;1-6(2)11(14)15-9-5-4-8(12)7(3)10(9)13;1-8(2)10(11)12-9-6-4-3-5-7-9/h5-8,15-16H,4,9-14H2,1-3H3;3-5,8-9,12,14-15H,6-7,10-11H2,1-2H3;2*3-10H,1-2H3;3-6,9,12H,7-8H2,1-2H3;1,5-9H,2-3H3;4-6H,1-3H3;8-9H,3-7H2,1-2H3. The molecule has 10 aromatic rings. The molecule has 134 heavy (non-hydrogen) atoms. The number of hydrogen-bond donors (Lipinski definition) is 0. The first-order valence-electron chi connectivity index (χ1n) is 46.6. The molecule has 720 valence electrons. The lowest BCUT2D eigenvalue weighted by Gasteiger charge is -2.32. The molecule has 0 spiro atoms. The Hall–Kier alpha value is -11.6. The highest BCUT2D eigenvalue weighted by Crippen LogP contribution is 2.37. The van der Waals surface area contributed by atoms with Crippen LogP contribution in [0.5, 0.6) is 28.7 Å². The average molecular weight is 1880 g/mol. The van der Waals surface area contributed by atoms with Crippen LogP contribution in [0.2, 0.25) is 10.0 Å². The van der Waals surface area contributed by atoms with Crippen LogP contribution >= 0.6 is 23.2 Å². The molecule has 3 aliphatic carbocycles. The number of nitrogens with zero attached hydrogens (tertiary/aromatic N) is 3. The lowest BCUT2D eigenvalue weighted by atomic mass is 9.81. The largest absolute Gasteiger partial charge is 0.462 e. The van der Waals surface area contributed by atoms with Crippen molar-refractivity contribution in [3.63, 3.8) is 0 Å². The van der Waals surface area contributed by atoms with Crippen molar-refractivity contribution < 1.29 is 90.5 Å². The molecule has 22 nitrogen and oxygen atoms in total. The summed E-state index contributed by atoms with van der Waals surface area (Å²) in [6, 6.07) is 63.3. The number of fused-ring (bicyclic) bond motifs is 3. The summed E-state index contributed by atoms with van der Waals surface area (Å²) >= 11 is 11.8. The fraction of sp³-hybridized carbons (Fsp3) is 0.436. The Bertz CT molecular complexity index is 5270. The van der Waals surface area contributed by atoms with E-state index < -0.39 is 0 Å². The third-order valence-corrected chi connectivity index (χ3v) is 21.9. The molecule has 9 aromatic carbocycles. The summed E-state index contributed by atoms with van der Waals surface area (Å²) in [7, 11) is 0. The summed E-state index contributed by atoms with van der Waals surface area (Å²) in [6.45, 7) is 37.1. The van der Waals surface area contributed by atoms with Crippen LogP contribution in [0.25, 0.3) is 32.8 Å². The van der Waals surface area contributed by atoms with Crippen molar-refractivity contribution in [2.75, 3.05) is 39.6 Å². The molecule has 1 heterocycles. The predicted molar refractivity (Wildman–Crippen MR) is 528 cm³/mol. The number of ether oxygens (including phenoxy) is 11. The third kappa shape index (κ3) is 40.3. The summed E-state index contributed by atoms with van der Waals surface area (Å²) < 4.78 is 60.3. The first kappa shape index (κ1) is 111. The smallest absolute Gasteiger partial charge is 0.313 e. The Kier molecular flexibility index (Phi) is 49.7. The maximum atomic E-state index is 11.8. The molecule has 24 heteroatoms. The second kappa shape index (κ2) is 59.9. The van der Waals surface area contributed by atoms with E-state index >= 15 is 0 Å². The first-order valence-corrected chi connectivity index (χ1v) is 47.3.